The van der Waals surface area contributed by atoms with Crippen molar-refractivity contribution in [1.82, 2.24) is 36.6 Å². The highest BCUT2D eigenvalue weighted by Crippen LogP contribution is 2.29. The van der Waals surface area contributed by atoms with Gasteiger partial charge in [-0.15, -0.1) is 11.8 Å². The molecular weight excluding hydrogens is 1640 g/mol. The number of halogens is 1. The van der Waals surface area contributed by atoms with Gasteiger partial charge < -0.3 is 66.8 Å². The van der Waals surface area contributed by atoms with Gasteiger partial charge in [0.05, 0.1) is 26.8 Å². The molecule has 11 aromatic rings. The lowest BCUT2D eigenvalue weighted by atomic mass is 10.0. The molecule has 9 aromatic carbocycles. The summed E-state index contributed by atoms with van der Waals surface area (Å²) in [7, 11) is 5.07. The van der Waals surface area contributed by atoms with E-state index in [1.807, 2.05) is 127 Å². The van der Waals surface area contributed by atoms with Gasteiger partial charge in [0.15, 0.2) is 0 Å². The van der Waals surface area contributed by atoms with Crippen LogP contribution >= 0.6 is 27.7 Å². The number of rotatable bonds is 33. The standard InChI is InChI=1S/C15H17NO.C14H18N2S.3C12H19NO.C12H19N.C11H16BrN.C11H18N2.C10H15N/c1-12(2)16-13-8-10-15(11-9-13)17-14-6-4-3-5-7-14;1-11(2)15-9-10-17-14-7-8-16-13-6-4-3-5-12(13)14;1-12(2,3)13-9-10-6-5-7-11(8-10)14-4;1-9(2)13-10(3)11-6-5-7-12(8-11)14-4;1-10(2)13-9-8-11-4-6-12(14-3)7-5-11;1-9(2)11-7-5-6-8-12(11)13-10(3)4;1-8(2)13-9(3)10-4-6-11(12)7-5-10;1-4-6-10-7-5-8-12-11(10)13-9(2)3;1-8(2)11-10-6-4-9(3)5-7-10/h3-12,16H,1-2H3;3-8,11,15H,9-10H2,1-2H3;5-8,13H,9H2,1-4H3;5-10,13H,1-4H3;4-7,10,13H,8-9H2,1-3H3;5-10,13H,1-4H3;4-9,13H,1-3H3;5,7-9H,4,6H2,1-3H3,(H,12,13);4-8,11H,1-3H3/t;;;10-;;;;;/m...1...../s1. The van der Waals surface area contributed by atoms with E-state index < -0.39 is 0 Å². The van der Waals surface area contributed by atoms with Crippen LogP contribution in [0.5, 0.6) is 28.7 Å². The van der Waals surface area contributed by atoms with Crippen LogP contribution in [-0.4, -0.2) is 104 Å². The summed E-state index contributed by atoms with van der Waals surface area (Å²) in [5.41, 5.74) is 14.0. The summed E-state index contributed by atoms with van der Waals surface area (Å²) < 4.78 is 22.3. The summed E-state index contributed by atoms with van der Waals surface area (Å²) >= 11 is 5.31. The average molecular weight is 1800 g/mol. The van der Waals surface area contributed by atoms with E-state index in [2.05, 4.69) is 386 Å². The molecule has 1 unspecified atom stereocenters. The minimum Gasteiger partial charge on any atom is -0.497 e. The Morgan fingerprint density at radius 2 is 0.913 bits per heavy atom. The first-order valence-corrected chi connectivity index (χ1v) is 47.1. The summed E-state index contributed by atoms with van der Waals surface area (Å²) in [4.78, 5) is 10.0. The molecule has 0 amide bonds. The second kappa shape index (κ2) is 63.5. The first kappa shape index (κ1) is 111. The van der Waals surface area contributed by atoms with Crippen molar-refractivity contribution in [2.75, 3.05) is 61.4 Å². The zero-order valence-corrected chi connectivity index (χ0v) is 84.3. The summed E-state index contributed by atoms with van der Waals surface area (Å²) in [6.07, 6.45) is 7.06. The van der Waals surface area contributed by atoms with Crippen LogP contribution in [0.15, 0.2) is 264 Å². The van der Waals surface area contributed by atoms with Crippen molar-refractivity contribution >= 4 is 61.5 Å². The van der Waals surface area contributed by atoms with Gasteiger partial charge in [0.2, 0.25) is 0 Å². The SMILES string of the molecule is CC(C)NC(C)c1ccc(Br)cc1.CC(C)NCCSc1ccnc2ccccc12.CC(C)Nc1ccc(Oc2ccccc2)cc1.CC(C)Nc1ccccc1C(C)C.CCCc1cccnc1NC(C)C.COc1ccc(CCNC(C)C)cc1.COc1cccc(CNC(C)(C)C)c1.COc1cccc([C@@H](C)NC(C)C)c1.Cc1ccc(NC(C)C)cc1. The second-order valence-electron chi connectivity index (χ2n) is 34.9. The van der Waals surface area contributed by atoms with Crippen LogP contribution in [0.4, 0.5) is 22.9 Å². The molecule has 0 fully saturated rings. The fraction of sp³-hybridized carbons (Fsp3) is 0.431. The predicted molar refractivity (Wildman–Crippen MR) is 553 cm³/mol. The number of hydrogen-bond donors (Lipinski definition) is 9. The lowest BCUT2D eigenvalue weighted by Gasteiger charge is -2.20. The average Bonchev–Trinajstić information content (AvgIpc) is 0.827. The Hall–Kier alpha value is -9.43. The molecule has 0 radical (unpaired) electrons. The maximum atomic E-state index is 5.71. The molecule has 0 saturated carbocycles. The molecule has 0 spiro atoms. The van der Waals surface area contributed by atoms with Gasteiger partial charge in [0.25, 0.3) is 0 Å². The van der Waals surface area contributed by atoms with Gasteiger partial charge in [0, 0.05) is 129 Å². The molecule has 2 atom stereocenters. The van der Waals surface area contributed by atoms with Gasteiger partial charge >= 0.3 is 0 Å². The Bertz CT molecular complexity index is 4570. The third-order valence-electron chi connectivity index (χ3n) is 18.4. The van der Waals surface area contributed by atoms with Crippen LogP contribution in [0, 0.1) is 6.92 Å². The number of para-hydroxylation sites is 3. The molecule has 9 N–H and O–H groups in total. The molecule has 0 aliphatic rings. The van der Waals surface area contributed by atoms with Crippen molar-refractivity contribution in [1.29, 1.82) is 0 Å². The number of benzene rings is 9. The summed E-state index contributed by atoms with van der Waals surface area (Å²) in [5, 5.41) is 31.9. The molecule has 15 nitrogen and oxygen atoms in total. The largest absolute Gasteiger partial charge is 0.497 e. The highest BCUT2D eigenvalue weighted by molar-refractivity contribution is 9.10. The van der Waals surface area contributed by atoms with E-state index in [1.54, 1.807) is 21.3 Å². The van der Waals surface area contributed by atoms with Gasteiger partial charge in [-0.05, 0) is 277 Å². The number of aromatic nitrogens is 2. The highest BCUT2D eigenvalue weighted by atomic mass is 79.9. The number of fused-ring (bicyclic) bond motifs is 1. The van der Waals surface area contributed by atoms with Crippen LogP contribution in [0.3, 0.4) is 0 Å². The van der Waals surface area contributed by atoms with E-state index in [1.165, 1.54) is 67.0 Å². The zero-order chi connectivity index (χ0) is 93.4. The molecule has 2 aromatic heterocycles. The molecule has 0 bridgehead atoms. The number of thioether (sulfide) groups is 1. The van der Waals surface area contributed by atoms with E-state index in [0.29, 0.717) is 66.3 Å². The lowest BCUT2D eigenvalue weighted by Crippen LogP contribution is -2.35. The molecule has 0 aliphatic carbocycles. The Labute approximate surface area is 776 Å². The third-order valence-corrected chi connectivity index (χ3v) is 20.0. The van der Waals surface area contributed by atoms with E-state index in [0.717, 1.165) is 88.5 Å². The van der Waals surface area contributed by atoms with Crippen molar-refractivity contribution in [3.05, 3.63) is 298 Å². The minimum absolute atomic E-state index is 0.156. The Morgan fingerprint density at radius 1 is 0.405 bits per heavy atom. The number of nitrogens with one attached hydrogen (secondary N) is 9. The normalized spacial score (nSPS) is 11.3. The maximum Gasteiger partial charge on any atom is 0.129 e. The van der Waals surface area contributed by atoms with Gasteiger partial charge in [-0.2, -0.15) is 0 Å². The fourth-order valence-electron chi connectivity index (χ4n) is 12.3. The monoisotopic (exact) mass is 1800 g/mol. The number of pyridine rings is 2. The van der Waals surface area contributed by atoms with Crippen LogP contribution in [0.25, 0.3) is 10.9 Å². The minimum atomic E-state index is 0.156. The quantitative estimate of drug-likeness (QED) is 0.0140. The van der Waals surface area contributed by atoms with Crippen LogP contribution < -0.4 is 66.8 Å². The topological polar surface area (TPSA) is 171 Å². The Morgan fingerprint density at radius 3 is 1.46 bits per heavy atom. The summed E-state index contributed by atoms with van der Waals surface area (Å²) in [5.74, 6) is 7.18. The molecule has 11 rings (SSSR count). The van der Waals surface area contributed by atoms with Gasteiger partial charge in [-0.1, -0.05) is 225 Å². The van der Waals surface area contributed by atoms with Crippen molar-refractivity contribution in [3.63, 3.8) is 0 Å². The molecule has 126 heavy (non-hydrogen) atoms. The van der Waals surface area contributed by atoms with Crippen molar-refractivity contribution in [2.24, 2.45) is 0 Å². The number of aryl methyl sites for hydroxylation is 2. The van der Waals surface area contributed by atoms with Gasteiger partial charge in [0.1, 0.15) is 34.6 Å². The van der Waals surface area contributed by atoms with Gasteiger partial charge in [-0.3, -0.25) is 4.98 Å². The van der Waals surface area contributed by atoms with Crippen LogP contribution in [-0.2, 0) is 19.4 Å². The fourth-order valence-corrected chi connectivity index (χ4v) is 13.5. The van der Waals surface area contributed by atoms with E-state index in [9.17, 15) is 0 Å². The highest BCUT2D eigenvalue weighted by Gasteiger charge is 2.12. The molecule has 17 heteroatoms. The first-order chi connectivity index (χ1) is 60.0. The van der Waals surface area contributed by atoms with Crippen LogP contribution in [0.1, 0.15) is 230 Å². The number of hydrogen-bond acceptors (Lipinski definition) is 16. The van der Waals surface area contributed by atoms with Crippen molar-refractivity contribution in [2.45, 2.75) is 276 Å². The molecule has 0 saturated heterocycles. The van der Waals surface area contributed by atoms with E-state index >= 15 is 0 Å². The molecular formula is C109H160BrN11O4S. The van der Waals surface area contributed by atoms with Crippen molar-refractivity contribution < 1.29 is 18.9 Å². The summed E-state index contributed by atoms with van der Waals surface area (Å²) in [6.45, 7) is 56.9. The predicted octanol–water partition coefficient (Wildman–Crippen LogP) is 28.0. The summed E-state index contributed by atoms with van der Waals surface area (Å²) in [6, 6.07) is 87.1. The molecule has 2 heterocycles. The zero-order valence-electron chi connectivity index (χ0n) is 81.9. The maximum absolute atomic E-state index is 5.71. The third kappa shape index (κ3) is 51.4. The molecule has 0 aliphatic heterocycles. The van der Waals surface area contributed by atoms with E-state index in [-0.39, 0.29) is 5.54 Å². The lowest BCUT2D eigenvalue weighted by molar-refractivity contribution is 0.409. The molecule has 688 valence electrons. The Kier molecular flexibility index (Phi) is 55.8. The number of nitrogens with zero attached hydrogens (tertiary/aromatic N) is 2. The van der Waals surface area contributed by atoms with Crippen molar-refractivity contribution in [3.8, 4) is 28.7 Å². The number of anilines is 4. The van der Waals surface area contributed by atoms with Gasteiger partial charge in [-0.25, -0.2) is 4.98 Å². The van der Waals surface area contributed by atoms with Crippen LogP contribution in [0.2, 0.25) is 0 Å². The van der Waals surface area contributed by atoms with E-state index in [4.69, 9.17) is 18.9 Å². The number of methoxy groups -OCH3 is 3. The first-order valence-electron chi connectivity index (χ1n) is 45.3. The Balaban J connectivity index is 0.000000367. The smallest absolute Gasteiger partial charge is 0.129 e. The second-order valence-corrected chi connectivity index (χ2v) is 36.9. The number of ether oxygens (including phenoxy) is 4.